The molecule has 0 radical (unpaired) electrons. The van der Waals surface area contributed by atoms with Gasteiger partial charge >= 0.3 is 0 Å². The van der Waals surface area contributed by atoms with Crippen LogP contribution >= 0.6 is 0 Å². The molecular formula is C18H26N2O. The smallest absolute Gasteiger partial charge is 0.239 e. The van der Waals surface area contributed by atoms with E-state index in [9.17, 15) is 4.79 Å². The van der Waals surface area contributed by atoms with E-state index in [0.717, 1.165) is 38.9 Å². The van der Waals surface area contributed by atoms with Gasteiger partial charge in [-0.2, -0.15) is 0 Å². The quantitative estimate of drug-likeness (QED) is 0.923. The van der Waals surface area contributed by atoms with E-state index in [1.165, 1.54) is 24.0 Å². The Labute approximate surface area is 127 Å². The number of hydrogen-bond donors (Lipinski definition) is 1. The minimum Gasteiger partial charge on any atom is -0.341 e. The third kappa shape index (κ3) is 3.29. The minimum absolute atomic E-state index is 0.0594. The number of rotatable bonds is 4. The summed E-state index contributed by atoms with van der Waals surface area (Å²) in [4.78, 5) is 14.5. The average molecular weight is 286 g/mol. The zero-order valence-electron chi connectivity index (χ0n) is 13.0. The molecule has 3 heteroatoms. The molecule has 0 bridgehead atoms. The van der Waals surface area contributed by atoms with Crippen LogP contribution in [0.5, 0.6) is 0 Å². The lowest BCUT2D eigenvalue weighted by Gasteiger charge is -2.32. The summed E-state index contributed by atoms with van der Waals surface area (Å²) >= 11 is 0. The first-order valence-electron chi connectivity index (χ1n) is 8.35. The summed E-state index contributed by atoms with van der Waals surface area (Å²) in [6.07, 6.45) is 6.01. The molecule has 2 atom stereocenters. The van der Waals surface area contributed by atoms with E-state index in [4.69, 9.17) is 0 Å². The van der Waals surface area contributed by atoms with Crippen LogP contribution in [0.15, 0.2) is 24.3 Å². The fourth-order valence-corrected chi connectivity index (χ4v) is 3.52. The molecule has 3 rings (SSSR count). The number of fused-ring (bicyclic) bond motifs is 1. The van der Waals surface area contributed by atoms with Crippen LogP contribution in [0.1, 0.15) is 49.7 Å². The van der Waals surface area contributed by atoms with Crippen molar-refractivity contribution in [2.45, 2.75) is 51.0 Å². The molecule has 1 amide bonds. The fraction of sp³-hybridized carbons (Fsp3) is 0.611. The number of nitrogens with one attached hydrogen (secondary N) is 1. The first kappa shape index (κ1) is 14.6. The average Bonchev–Trinajstić information content (AvgIpc) is 2.76. The molecule has 2 unspecified atom stereocenters. The lowest BCUT2D eigenvalue weighted by atomic mass is 9.77. The second-order valence-corrected chi connectivity index (χ2v) is 6.47. The minimum atomic E-state index is -0.0594. The Kier molecular flexibility index (Phi) is 4.59. The number of amides is 1. The monoisotopic (exact) mass is 286 g/mol. The molecule has 2 aliphatic rings. The van der Waals surface area contributed by atoms with Crippen LogP contribution in [0, 0.1) is 0 Å². The number of benzene rings is 1. The fourth-order valence-electron chi connectivity index (χ4n) is 3.52. The number of carbonyl (C=O) groups is 1. The number of likely N-dealkylation sites (tertiary alicyclic amines) is 1. The molecule has 1 saturated heterocycles. The molecule has 1 aromatic rings. The molecule has 1 N–H and O–H groups in total. The normalized spacial score (nSPS) is 22.9. The Morgan fingerprint density at radius 3 is 2.67 bits per heavy atom. The van der Waals surface area contributed by atoms with Crippen LogP contribution in [0.3, 0.4) is 0 Å². The zero-order valence-corrected chi connectivity index (χ0v) is 13.0. The lowest BCUT2D eigenvalue weighted by Crippen LogP contribution is -2.47. The van der Waals surface area contributed by atoms with Crippen molar-refractivity contribution in [1.29, 1.82) is 0 Å². The van der Waals surface area contributed by atoms with E-state index in [1.54, 1.807) is 0 Å². The van der Waals surface area contributed by atoms with E-state index in [0.29, 0.717) is 5.92 Å². The van der Waals surface area contributed by atoms with Crippen molar-refractivity contribution in [3.63, 3.8) is 0 Å². The Morgan fingerprint density at radius 2 is 1.95 bits per heavy atom. The van der Waals surface area contributed by atoms with Gasteiger partial charge in [0, 0.05) is 25.6 Å². The predicted molar refractivity (Wildman–Crippen MR) is 85.4 cm³/mol. The topological polar surface area (TPSA) is 32.3 Å². The summed E-state index contributed by atoms with van der Waals surface area (Å²) in [7, 11) is 0. The van der Waals surface area contributed by atoms with Gasteiger partial charge in [-0.05, 0) is 37.3 Å². The van der Waals surface area contributed by atoms with Crippen LogP contribution in [-0.4, -0.2) is 36.5 Å². The summed E-state index contributed by atoms with van der Waals surface area (Å²) in [6.45, 7) is 4.81. The van der Waals surface area contributed by atoms with Crippen LogP contribution in [0.4, 0.5) is 0 Å². The maximum absolute atomic E-state index is 12.5. The summed E-state index contributed by atoms with van der Waals surface area (Å²) in [5.41, 5.74) is 2.93. The molecule has 1 aromatic carbocycles. The van der Waals surface area contributed by atoms with Gasteiger partial charge in [-0.1, -0.05) is 37.1 Å². The molecule has 1 fully saturated rings. The molecule has 1 heterocycles. The van der Waals surface area contributed by atoms with E-state index in [2.05, 4.69) is 34.5 Å². The summed E-state index contributed by atoms with van der Waals surface area (Å²) in [5, 5.41) is 3.45. The number of nitrogens with zero attached hydrogens (tertiary/aromatic N) is 1. The molecule has 0 aromatic heterocycles. The highest BCUT2D eigenvalue weighted by Crippen LogP contribution is 2.34. The van der Waals surface area contributed by atoms with Gasteiger partial charge in [-0.15, -0.1) is 0 Å². The van der Waals surface area contributed by atoms with Gasteiger partial charge in [0.05, 0.1) is 6.04 Å². The predicted octanol–water partition coefficient (Wildman–Crippen LogP) is 2.71. The molecular weight excluding hydrogens is 260 g/mol. The summed E-state index contributed by atoms with van der Waals surface area (Å²) < 4.78 is 0. The van der Waals surface area contributed by atoms with E-state index in [-0.39, 0.29) is 11.9 Å². The number of carbonyl (C=O) groups excluding carboxylic acids is 1. The highest BCUT2D eigenvalue weighted by molar-refractivity contribution is 5.81. The molecule has 21 heavy (non-hydrogen) atoms. The van der Waals surface area contributed by atoms with Crippen molar-refractivity contribution in [1.82, 2.24) is 10.2 Å². The zero-order chi connectivity index (χ0) is 14.7. The largest absolute Gasteiger partial charge is 0.341 e. The van der Waals surface area contributed by atoms with Crippen molar-refractivity contribution < 1.29 is 4.79 Å². The van der Waals surface area contributed by atoms with Gasteiger partial charge < -0.3 is 10.2 Å². The van der Waals surface area contributed by atoms with Crippen LogP contribution in [-0.2, 0) is 11.2 Å². The van der Waals surface area contributed by atoms with Crippen molar-refractivity contribution >= 4 is 5.91 Å². The highest BCUT2D eigenvalue weighted by atomic mass is 16.2. The van der Waals surface area contributed by atoms with Crippen molar-refractivity contribution in [2.24, 2.45) is 0 Å². The third-order valence-corrected chi connectivity index (χ3v) is 4.92. The first-order valence-corrected chi connectivity index (χ1v) is 8.35. The summed E-state index contributed by atoms with van der Waals surface area (Å²) in [5.74, 6) is 0.866. The molecule has 3 nitrogen and oxygen atoms in total. The van der Waals surface area contributed by atoms with Crippen molar-refractivity contribution in [3.05, 3.63) is 35.4 Å². The van der Waals surface area contributed by atoms with Crippen LogP contribution in [0.25, 0.3) is 0 Å². The van der Waals surface area contributed by atoms with Crippen molar-refractivity contribution in [2.75, 3.05) is 19.6 Å². The highest BCUT2D eigenvalue weighted by Gasteiger charge is 2.27. The van der Waals surface area contributed by atoms with E-state index < -0.39 is 0 Å². The van der Waals surface area contributed by atoms with Gasteiger partial charge in [0.2, 0.25) is 5.91 Å². The van der Waals surface area contributed by atoms with Gasteiger partial charge in [-0.3, -0.25) is 4.79 Å². The maximum atomic E-state index is 12.5. The SMILES string of the molecule is CC(NCC1Cc2ccccc21)C(=O)N1CCCCCC1. The lowest BCUT2D eigenvalue weighted by molar-refractivity contribution is -0.133. The van der Waals surface area contributed by atoms with Gasteiger partial charge in [0.25, 0.3) is 0 Å². The van der Waals surface area contributed by atoms with E-state index in [1.807, 2.05) is 6.92 Å². The Morgan fingerprint density at radius 1 is 1.24 bits per heavy atom. The Hall–Kier alpha value is -1.35. The second kappa shape index (κ2) is 6.61. The van der Waals surface area contributed by atoms with Gasteiger partial charge in [0.1, 0.15) is 0 Å². The first-order chi connectivity index (χ1) is 10.3. The standard InChI is InChI=1S/C18H26N2O/c1-14(18(21)20-10-6-2-3-7-11-20)19-13-16-12-15-8-4-5-9-17(15)16/h4-5,8-9,14,16,19H,2-3,6-7,10-13H2,1H3. The van der Waals surface area contributed by atoms with Gasteiger partial charge in [-0.25, -0.2) is 0 Å². The second-order valence-electron chi connectivity index (χ2n) is 6.47. The third-order valence-electron chi connectivity index (χ3n) is 4.92. The van der Waals surface area contributed by atoms with Gasteiger partial charge in [0.15, 0.2) is 0 Å². The Balaban J connectivity index is 1.48. The molecule has 1 aliphatic heterocycles. The van der Waals surface area contributed by atoms with Crippen LogP contribution < -0.4 is 5.32 Å². The molecule has 1 aliphatic carbocycles. The summed E-state index contributed by atoms with van der Waals surface area (Å²) in [6, 6.07) is 8.57. The van der Waals surface area contributed by atoms with Crippen molar-refractivity contribution in [3.8, 4) is 0 Å². The van der Waals surface area contributed by atoms with Crippen LogP contribution in [0.2, 0.25) is 0 Å². The Bertz CT molecular complexity index is 492. The van der Waals surface area contributed by atoms with E-state index >= 15 is 0 Å². The molecule has 0 spiro atoms. The number of hydrogen-bond acceptors (Lipinski definition) is 2. The molecule has 114 valence electrons. The molecule has 0 saturated carbocycles. The maximum Gasteiger partial charge on any atom is 0.239 e.